The normalized spacial score (nSPS) is 12.0. The number of rotatable bonds is 8. The van der Waals surface area contributed by atoms with Crippen LogP contribution in [0, 0.1) is 0 Å². The highest BCUT2D eigenvalue weighted by Gasteiger charge is 2.17. The maximum absolute atomic E-state index is 5.53. The first kappa shape index (κ1) is 22.3. The molecule has 7 nitrogen and oxygen atoms in total. The highest BCUT2D eigenvalue weighted by molar-refractivity contribution is 7.07. The summed E-state index contributed by atoms with van der Waals surface area (Å²) in [7, 11) is 4.78. The molecule has 0 unspecified atom stereocenters. The Balaban J connectivity index is 2.22. The lowest BCUT2D eigenvalue weighted by Crippen LogP contribution is -2.15. The van der Waals surface area contributed by atoms with Crippen LogP contribution in [0.2, 0.25) is 0 Å². The van der Waals surface area contributed by atoms with E-state index in [1.807, 2.05) is 48.2 Å². The van der Waals surface area contributed by atoms with Gasteiger partial charge in [-0.2, -0.15) is 5.10 Å². The molecule has 0 aliphatic rings. The summed E-state index contributed by atoms with van der Waals surface area (Å²) in [5.74, 6) is 1.69. The number of methoxy groups -OCH3 is 3. The molecule has 1 aromatic carbocycles. The van der Waals surface area contributed by atoms with Crippen molar-refractivity contribution in [3.8, 4) is 28.5 Å². The highest BCUT2D eigenvalue weighted by atomic mass is 32.1. The van der Waals surface area contributed by atoms with E-state index in [0.717, 1.165) is 32.9 Å². The zero-order chi connectivity index (χ0) is 22.4. The van der Waals surface area contributed by atoms with Crippen molar-refractivity contribution in [1.29, 1.82) is 0 Å². The van der Waals surface area contributed by atoms with Gasteiger partial charge in [-0.3, -0.25) is 9.98 Å². The van der Waals surface area contributed by atoms with Crippen LogP contribution in [0.1, 0.15) is 19.4 Å². The number of ether oxygens (including phenoxy) is 3. The van der Waals surface area contributed by atoms with Crippen LogP contribution in [0.15, 0.2) is 64.3 Å². The van der Waals surface area contributed by atoms with Gasteiger partial charge in [-0.15, -0.1) is 11.3 Å². The third kappa shape index (κ3) is 5.03. The number of thiazole rings is 1. The van der Waals surface area contributed by atoms with Gasteiger partial charge in [-0.05, 0) is 38.1 Å². The molecule has 0 spiro atoms. The van der Waals surface area contributed by atoms with E-state index in [9.17, 15) is 0 Å². The van der Waals surface area contributed by atoms with Gasteiger partial charge in [0.05, 0.1) is 39.3 Å². The van der Waals surface area contributed by atoms with Gasteiger partial charge in [0.25, 0.3) is 0 Å². The molecule has 8 heteroatoms. The largest absolute Gasteiger partial charge is 0.493 e. The minimum atomic E-state index is 0.527. The molecule has 0 aliphatic carbocycles. The molecule has 3 rings (SSSR count). The van der Waals surface area contributed by atoms with Crippen LogP contribution in [-0.4, -0.2) is 43.2 Å². The number of pyridine rings is 1. The van der Waals surface area contributed by atoms with Gasteiger partial charge in [-0.25, -0.2) is 4.68 Å². The van der Waals surface area contributed by atoms with Crippen LogP contribution in [0.5, 0.6) is 17.2 Å². The van der Waals surface area contributed by atoms with Crippen LogP contribution in [0.25, 0.3) is 11.3 Å². The van der Waals surface area contributed by atoms with Crippen LogP contribution in [-0.2, 0) is 0 Å². The number of benzene rings is 1. The molecule has 0 radical (unpaired) electrons. The minimum absolute atomic E-state index is 0.527. The van der Waals surface area contributed by atoms with E-state index in [1.165, 1.54) is 11.3 Å². The van der Waals surface area contributed by atoms with Crippen molar-refractivity contribution >= 4 is 17.0 Å². The Morgan fingerprint density at radius 2 is 1.71 bits per heavy atom. The lowest BCUT2D eigenvalue weighted by atomic mass is 10.1. The number of hydrogen-bond acceptors (Lipinski definition) is 7. The second kappa shape index (κ2) is 10.1. The Hall–Kier alpha value is -3.39. The topological polar surface area (TPSA) is 70.2 Å². The van der Waals surface area contributed by atoms with Gasteiger partial charge in [0, 0.05) is 28.9 Å². The quantitative estimate of drug-likeness (QED) is 0.386. The van der Waals surface area contributed by atoms with E-state index in [2.05, 4.69) is 11.6 Å². The fourth-order valence-electron chi connectivity index (χ4n) is 2.94. The van der Waals surface area contributed by atoms with Crippen LogP contribution in [0.3, 0.4) is 0 Å². The SMILES string of the molecule is C=C(C)CN=c1scc(-c2cc(OC)c(OC)c(OC)c2)n1N=C(C)c1ccncc1. The maximum atomic E-state index is 5.53. The first-order valence-corrected chi connectivity index (χ1v) is 10.5. The molecule has 162 valence electrons. The van der Waals surface area contributed by atoms with Crippen molar-refractivity contribution in [2.24, 2.45) is 10.1 Å². The molecule has 0 bridgehead atoms. The Labute approximate surface area is 186 Å². The van der Waals surface area contributed by atoms with Crippen molar-refractivity contribution in [3.05, 3.63) is 64.6 Å². The number of hydrogen-bond donors (Lipinski definition) is 0. The predicted molar refractivity (Wildman–Crippen MR) is 124 cm³/mol. The fourth-order valence-corrected chi connectivity index (χ4v) is 3.77. The van der Waals surface area contributed by atoms with E-state index in [4.69, 9.17) is 24.3 Å². The van der Waals surface area contributed by atoms with Gasteiger partial charge in [0.2, 0.25) is 10.6 Å². The Morgan fingerprint density at radius 1 is 1.06 bits per heavy atom. The van der Waals surface area contributed by atoms with Gasteiger partial charge in [-0.1, -0.05) is 12.2 Å². The smallest absolute Gasteiger partial charge is 0.206 e. The number of nitrogens with zero attached hydrogens (tertiary/aromatic N) is 4. The molecule has 0 saturated carbocycles. The highest BCUT2D eigenvalue weighted by Crippen LogP contribution is 2.41. The van der Waals surface area contributed by atoms with Gasteiger partial charge < -0.3 is 14.2 Å². The van der Waals surface area contributed by atoms with Gasteiger partial charge in [0.1, 0.15) is 0 Å². The van der Waals surface area contributed by atoms with Crippen LogP contribution >= 0.6 is 11.3 Å². The molecular formula is C23H26N4O3S. The molecular weight excluding hydrogens is 412 g/mol. The lowest BCUT2D eigenvalue weighted by Gasteiger charge is -2.14. The lowest BCUT2D eigenvalue weighted by molar-refractivity contribution is 0.324. The van der Waals surface area contributed by atoms with Crippen LogP contribution in [0.4, 0.5) is 0 Å². The van der Waals surface area contributed by atoms with Gasteiger partial charge >= 0.3 is 0 Å². The molecule has 2 heterocycles. The van der Waals surface area contributed by atoms with E-state index >= 15 is 0 Å². The molecule has 0 fully saturated rings. The molecule has 3 aromatic rings. The number of aromatic nitrogens is 2. The first-order chi connectivity index (χ1) is 15.0. The zero-order valence-electron chi connectivity index (χ0n) is 18.4. The molecule has 31 heavy (non-hydrogen) atoms. The first-order valence-electron chi connectivity index (χ1n) is 9.60. The average Bonchev–Trinajstić information content (AvgIpc) is 3.19. The summed E-state index contributed by atoms with van der Waals surface area (Å²) in [6.45, 7) is 8.39. The van der Waals surface area contributed by atoms with Crippen LogP contribution < -0.4 is 19.0 Å². The summed E-state index contributed by atoms with van der Waals surface area (Å²) in [4.78, 5) is 9.54. The van der Waals surface area contributed by atoms with Crippen molar-refractivity contribution in [2.75, 3.05) is 27.9 Å². The van der Waals surface area contributed by atoms with Gasteiger partial charge in [0.15, 0.2) is 11.5 Å². The summed E-state index contributed by atoms with van der Waals surface area (Å²) < 4.78 is 18.3. The standard InChI is InChI=1S/C23H26N4O3S/c1-15(2)13-25-23-27(26-16(3)17-7-9-24-10-8-17)19(14-31-23)18-11-20(28-4)22(30-6)21(12-18)29-5/h7-12,14H,1,13H2,2-6H3. The maximum Gasteiger partial charge on any atom is 0.206 e. The average molecular weight is 439 g/mol. The summed E-state index contributed by atoms with van der Waals surface area (Å²) in [5.41, 5.74) is 4.53. The third-order valence-corrected chi connectivity index (χ3v) is 5.33. The second-order valence-electron chi connectivity index (χ2n) is 6.82. The van der Waals surface area contributed by atoms with E-state index in [1.54, 1.807) is 33.7 Å². The van der Waals surface area contributed by atoms with E-state index in [-0.39, 0.29) is 0 Å². The zero-order valence-corrected chi connectivity index (χ0v) is 19.2. The Bertz CT molecular complexity index is 1140. The summed E-state index contributed by atoms with van der Waals surface area (Å²) in [6.07, 6.45) is 3.50. The van der Waals surface area contributed by atoms with Crippen molar-refractivity contribution in [3.63, 3.8) is 0 Å². The second-order valence-corrected chi connectivity index (χ2v) is 7.66. The summed E-state index contributed by atoms with van der Waals surface area (Å²) >= 11 is 1.51. The molecule has 0 saturated heterocycles. The van der Waals surface area contributed by atoms with E-state index < -0.39 is 0 Å². The predicted octanol–water partition coefficient (Wildman–Crippen LogP) is 4.39. The van der Waals surface area contributed by atoms with Crippen molar-refractivity contribution in [1.82, 2.24) is 9.66 Å². The fraction of sp³-hybridized carbons (Fsp3) is 0.261. The summed E-state index contributed by atoms with van der Waals surface area (Å²) in [6, 6.07) is 7.66. The summed E-state index contributed by atoms with van der Waals surface area (Å²) in [5, 5.41) is 6.89. The molecule has 0 aliphatic heterocycles. The molecule has 2 aromatic heterocycles. The van der Waals surface area contributed by atoms with E-state index in [0.29, 0.717) is 23.8 Å². The molecule has 0 atom stereocenters. The third-order valence-electron chi connectivity index (χ3n) is 4.48. The van der Waals surface area contributed by atoms with Crippen molar-refractivity contribution < 1.29 is 14.2 Å². The Kier molecular flexibility index (Phi) is 7.25. The molecule has 0 N–H and O–H groups in total. The minimum Gasteiger partial charge on any atom is -0.493 e. The Morgan fingerprint density at radius 3 is 2.26 bits per heavy atom. The monoisotopic (exact) mass is 438 g/mol. The van der Waals surface area contributed by atoms with Crippen molar-refractivity contribution in [2.45, 2.75) is 13.8 Å². The molecule has 0 amide bonds.